The number of hydrogen-bond donors (Lipinski definition) is 1. The van der Waals surface area contributed by atoms with Gasteiger partial charge in [0.05, 0.1) is 4.92 Å². The number of benzene rings is 1. The van der Waals surface area contributed by atoms with Crippen molar-refractivity contribution in [1.82, 2.24) is 0 Å². The van der Waals surface area contributed by atoms with Crippen molar-refractivity contribution >= 4 is 17.1 Å². The molecule has 0 fully saturated rings. The molecule has 0 aliphatic rings. The van der Waals surface area contributed by atoms with Gasteiger partial charge in [-0.15, -0.1) is 0 Å². The molecule has 1 aromatic carbocycles. The minimum Gasteiger partial charge on any atom is -0.270 e. The maximum absolute atomic E-state index is 12.9. The third-order valence-corrected chi connectivity index (χ3v) is 1.66. The van der Waals surface area contributed by atoms with Crippen molar-refractivity contribution in [3.63, 3.8) is 0 Å². The number of anilines is 1. The molecular formula is C9H4FN5O2. The largest absolute Gasteiger partial charge is 0.294 e. The van der Waals surface area contributed by atoms with Crippen molar-refractivity contribution in [3.05, 3.63) is 34.1 Å². The normalized spacial score (nSPS) is 8.65. The molecule has 1 rings (SSSR count). The summed E-state index contributed by atoms with van der Waals surface area (Å²) in [5, 5.41) is 30.6. The molecule has 0 aliphatic carbocycles. The third-order valence-electron chi connectivity index (χ3n) is 1.66. The fourth-order valence-corrected chi connectivity index (χ4v) is 0.948. The van der Waals surface area contributed by atoms with Gasteiger partial charge in [0.2, 0.25) is 5.71 Å². The first-order valence-electron chi connectivity index (χ1n) is 4.16. The van der Waals surface area contributed by atoms with Gasteiger partial charge < -0.3 is 0 Å². The van der Waals surface area contributed by atoms with Crippen molar-refractivity contribution < 1.29 is 9.31 Å². The lowest BCUT2D eigenvalue weighted by Gasteiger charge is -2.01. The standard InChI is InChI=1S/C9H4FN5O2/c10-6-1-2-9(15(16)17)8(3-6)14-13-7(4-11)5-12/h1-3,14H. The Bertz CT molecular complexity index is 554. The number of hydrazone groups is 1. The predicted octanol–water partition coefficient (Wildman–Crippen LogP) is 1.55. The molecule has 0 unspecified atom stereocenters. The van der Waals surface area contributed by atoms with E-state index < -0.39 is 22.1 Å². The second kappa shape index (κ2) is 5.19. The molecule has 0 spiro atoms. The topological polar surface area (TPSA) is 115 Å². The van der Waals surface area contributed by atoms with Crippen molar-refractivity contribution in [2.24, 2.45) is 5.10 Å². The van der Waals surface area contributed by atoms with Gasteiger partial charge in [0.1, 0.15) is 23.6 Å². The van der Waals surface area contributed by atoms with E-state index in [0.717, 1.165) is 18.2 Å². The monoisotopic (exact) mass is 233 g/mol. The van der Waals surface area contributed by atoms with E-state index in [4.69, 9.17) is 10.5 Å². The van der Waals surface area contributed by atoms with E-state index >= 15 is 0 Å². The van der Waals surface area contributed by atoms with E-state index in [0.29, 0.717) is 0 Å². The molecule has 0 atom stereocenters. The molecule has 0 aromatic heterocycles. The molecule has 84 valence electrons. The van der Waals surface area contributed by atoms with Crippen LogP contribution < -0.4 is 5.43 Å². The van der Waals surface area contributed by atoms with Crippen LogP contribution in [0.3, 0.4) is 0 Å². The number of halogens is 1. The van der Waals surface area contributed by atoms with Crippen LogP contribution in [0.1, 0.15) is 0 Å². The summed E-state index contributed by atoms with van der Waals surface area (Å²) >= 11 is 0. The Hall–Kier alpha value is -3.00. The third kappa shape index (κ3) is 2.97. The molecular weight excluding hydrogens is 229 g/mol. The first-order chi connectivity index (χ1) is 8.08. The number of nitriles is 2. The van der Waals surface area contributed by atoms with E-state index in [9.17, 15) is 14.5 Å². The second-order valence-electron chi connectivity index (χ2n) is 2.71. The van der Waals surface area contributed by atoms with Gasteiger partial charge in [0, 0.05) is 12.1 Å². The fraction of sp³-hybridized carbons (Fsp3) is 0. The minimum atomic E-state index is -0.740. The highest BCUT2D eigenvalue weighted by Gasteiger charge is 2.14. The summed E-state index contributed by atoms with van der Waals surface area (Å²) < 4.78 is 12.9. The summed E-state index contributed by atoms with van der Waals surface area (Å²) in [5.74, 6) is -0.705. The molecule has 7 nitrogen and oxygen atoms in total. The molecule has 0 aliphatic heterocycles. The van der Waals surface area contributed by atoms with Gasteiger partial charge in [-0.3, -0.25) is 15.5 Å². The summed E-state index contributed by atoms with van der Waals surface area (Å²) in [4.78, 5) is 9.84. The Morgan fingerprint density at radius 3 is 2.65 bits per heavy atom. The number of nitrogens with one attached hydrogen (secondary N) is 1. The van der Waals surface area contributed by atoms with Crippen LogP contribution in [0.15, 0.2) is 23.3 Å². The maximum atomic E-state index is 12.9. The highest BCUT2D eigenvalue weighted by molar-refractivity contribution is 6.10. The number of hydrogen-bond acceptors (Lipinski definition) is 6. The van der Waals surface area contributed by atoms with Crippen LogP contribution in [-0.4, -0.2) is 10.6 Å². The van der Waals surface area contributed by atoms with E-state index in [1.54, 1.807) is 0 Å². The Kier molecular flexibility index (Phi) is 3.68. The Morgan fingerprint density at radius 1 is 1.47 bits per heavy atom. The smallest absolute Gasteiger partial charge is 0.270 e. The summed E-state index contributed by atoms with van der Waals surface area (Å²) in [5.41, 5.74) is 0.925. The zero-order valence-electron chi connectivity index (χ0n) is 8.22. The average Bonchev–Trinajstić information content (AvgIpc) is 2.30. The first-order valence-corrected chi connectivity index (χ1v) is 4.16. The molecule has 0 bridgehead atoms. The lowest BCUT2D eigenvalue weighted by molar-refractivity contribution is -0.384. The number of nitro groups is 1. The molecule has 8 heteroatoms. The number of nitrogens with zero attached hydrogens (tertiary/aromatic N) is 4. The average molecular weight is 233 g/mol. The van der Waals surface area contributed by atoms with Gasteiger partial charge in [-0.25, -0.2) is 4.39 Å². The van der Waals surface area contributed by atoms with Gasteiger partial charge in [0.15, 0.2) is 0 Å². The van der Waals surface area contributed by atoms with Crippen molar-refractivity contribution in [3.8, 4) is 12.1 Å². The van der Waals surface area contributed by atoms with Crippen LogP contribution in [0, 0.1) is 38.6 Å². The van der Waals surface area contributed by atoms with Crippen LogP contribution >= 0.6 is 0 Å². The van der Waals surface area contributed by atoms with Crippen LogP contribution in [0.5, 0.6) is 0 Å². The first kappa shape index (κ1) is 12.1. The van der Waals surface area contributed by atoms with Crippen LogP contribution in [0.4, 0.5) is 15.8 Å². The Balaban J connectivity index is 3.11. The highest BCUT2D eigenvalue weighted by atomic mass is 19.1. The second-order valence-corrected chi connectivity index (χ2v) is 2.71. The van der Waals surface area contributed by atoms with Gasteiger partial charge >= 0.3 is 0 Å². The molecule has 0 amide bonds. The maximum Gasteiger partial charge on any atom is 0.294 e. The summed E-state index contributed by atoms with van der Waals surface area (Å²) in [6.45, 7) is 0. The van der Waals surface area contributed by atoms with E-state index in [1.165, 1.54) is 12.1 Å². The number of rotatable bonds is 3. The molecule has 1 aromatic rings. The highest BCUT2D eigenvalue weighted by Crippen LogP contribution is 2.24. The van der Waals surface area contributed by atoms with Crippen LogP contribution in [0.2, 0.25) is 0 Å². The zero-order valence-corrected chi connectivity index (χ0v) is 8.22. The SMILES string of the molecule is N#CC(C#N)=NNc1cc(F)ccc1[N+](=O)[O-]. The minimum absolute atomic E-state index is 0.238. The predicted molar refractivity (Wildman–Crippen MR) is 55.3 cm³/mol. The van der Waals surface area contributed by atoms with Crippen LogP contribution in [0.25, 0.3) is 0 Å². The van der Waals surface area contributed by atoms with Crippen LogP contribution in [-0.2, 0) is 0 Å². The summed E-state index contributed by atoms with van der Waals surface area (Å²) in [6, 6.07) is 5.61. The van der Waals surface area contributed by atoms with E-state index in [-0.39, 0.29) is 5.69 Å². The van der Waals surface area contributed by atoms with Crippen molar-refractivity contribution in [2.45, 2.75) is 0 Å². The molecule has 1 N–H and O–H groups in total. The Labute approximate surface area is 94.5 Å². The molecule has 0 radical (unpaired) electrons. The molecule has 0 saturated carbocycles. The van der Waals surface area contributed by atoms with Crippen molar-refractivity contribution in [1.29, 1.82) is 10.5 Å². The van der Waals surface area contributed by atoms with Crippen molar-refractivity contribution in [2.75, 3.05) is 5.43 Å². The van der Waals surface area contributed by atoms with E-state index in [2.05, 4.69) is 10.5 Å². The molecule has 0 saturated heterocycles. The fourth-order valence-electron chi connectivity index (χ4n) is 0.948. The zero-order chi connectivity index (χ0) is 12.8. The van der Waals surface area contributed by atoms with E-state index in [1.807, 2.05) is 0 Å². The van der Waals surface area contributed by atoms with Gasteiger partial charge in [-0.2, -0.15) is 15.6 Å². The molecule has 17 heavy (non-hydrogen) atoms. The molecule has 0 heterocycles. The lowest BCUT2D eigenvalue weighted by atomic mass is 10.2. The van der Waals surface area contributed by atoms with Gasteiger partial charge in [-0.1, -0.05) is 0 Å². The quantitative estimate of drug-likeness (QED) is 0.483. The summed E-state index contributed by atoms with van der Waals surface area (Å²) in [7, 11) is 0. The Morgan fingerprint density at radius 2 is 2.12 bits per heavy atom. The van der Waals surface area contributed by atoms with Gasteiger partial charge in [0.25, 0.3) is 5.69 Å². The summed E-state index contributed by atoms with van der Waals surface area (Å²) in [6.07, 6.45) is 0. The number of nitro benzene ring substituents is 1. The lowest BCUT2D eigenvalue weighted by Crippen LogP contribution is -2.00. The van der Waals surface area contributed by atoms with Gasteiger partial charge in [-0.05, 0) is 6.07 Å².